The van der Waals surface area contributed by atoms with E-state index in [0.717, 1.165) is 18.9 Å². The van der Waals surface area contributed by atoms with Gasteiger partial charge in [0, 0.05) is 53.0 Å². The summed E-state index contributed by atoms with van der Waals surface area (Å²) in [6.07, 6.45) is 1.90. The lowest BCUT2D eigenvalue weighted by molar-refractivity contribution is -0.385. The number of hydrogen-bond acceptors (Lipinski definition) is 8. The van der Waals surface area contributed by atoms with Crippen molar-refractivity contribution < 1.29 is 28.7 Å². The lowest BCUT2D eigenvalue weighted by Crippen LogP contribution is -2.53. The number of methoxy groups -OCH3 is 1. The van der Waals surface area contributed by atoms with Gasteiger partial charge in [-0.1, -0.05) is 47.5 Å². The first-order valence-electron chi connectivity index (χ1n) is 14.1. The number of amides is 1. The Morgan fingerprint density at radius 2 is 2.00 bits per heavy atom. The number of rotatable bonds is 9. The van der Waals surface area contributed by atoms with Gasteiger partial charge in [-0.3, -0.25) is 19.8 Å². The number of benzene rings is 3. The number of nitrogens with one attached hydrogen (secondary N) is 2. The van der Waals surface area contributed by atoms with Gasteiger partial charge in [-0.15, -0.1) is 0 Å². The van der Waals surface area contributed by atoms with Crippen LogP contribution in [0.15, 0.2) is 54.6 Å². The maximum atomic E-state index is 16.0. The van der Waals surface area contributed by atoms with Crippen molar-refractivity contribution in [3.63, 3.8) is 0 Å². The van der Waals surface area contributed by atoms with E-state index < -0.39 is 46.2 Å². The molecule has 3 aromatic rings. The van der Waals surface area contributed by atoms with Crippen LogP contribution in [-0.2, 0) is 21.6 Å². The number of likely N-dealkylation sites (tertiary alicyclic amines) is 1. The van der Waals surface area contributed by atoms with E-state index in [1.807, 2.05) is 4.90 Å². The van der Waals surface area contributed by atoms with Crippen LogP contribution < -0.4 is 10.6 Å². The van der Waals surface area contributed by atoms with Crippen molar-refractivity contribution in [3.05, 3.63) is 103 Å². The topological polar surface area (TPSA) is 134 Å². The highest BCUT2D eigenvalue weighted by Crippen LogP contribution is 2.58. The number of aliphatic hydroxyl groups is 1. The number of fused-ring (bicyclic) bond motifs is 2. The molecule has 6 rings (SSSR count). The fourth-order valence-electron chi connectivity index (χ4n) is 6.86. The molecule has 0 radical (unpaired) electrons. The van der Waals surface area contributed by atoms with Gasteiger partial charge in [-0.05, 0) is 48.6 Å². The molecule has 1 spiro atoms. The van der Waals surface area contributed by atoms with Gasteiger partial charge >= 0.3 is 5.97 Å². The van der Waals surface area contributed by atoms with E-state index in [1.54, 1.807) is 30.3 Å². The van der Waals surface area contributed by atoms with E-state index in [9.17, 15) is 24.8 Å². The third kappa shape index (κ3) is 4.93. The van der Waals surface area contributed by atoms with E-state index in [0.29, 0.717) is 22.8 Å². The molecule has 230 valence electrons. The molecule has 1 saturated heterocycles. The molecule has 2 heterocycles. The van der Waals surface area contributed by atoms with Gasteiger partial charge in [0.1, 0.15) is 11.4 Å². The number of carbonyl (C=O) groups excluding carboxylic acids is 2. The summed E-state index contributed by atoms with van der Waals surface area (Å²) in [7, 11) is 1.18. The molecule has 10 nitrogen and oxygen atoms in total. The number of ether oxygens (including phenoxy) is 1. The van der Waals surface area contributed by atoms with E-state index in [2.05, 4.69) is 10.6 Å². The summed E-state index contributed by atoms with van der Waals surface area (Å²) in [5, 5.41) is 29.5. The Morgan fingerprint density at radius 1 is 1.23 bits per heavy atom. The first kappa shape index (κ1) is 30.4. The van der Waals surface area contributed by atoms with Gasteiger partial charge in [-0.25, -0.2) is 9.18 Å². The Kier molecular flexibility index (Phi) is 8.10. The quantitative estimate of drug-likeness (QED) is 0.169. The van der Waals surface area contributed by atoms with Crippen LogP contribution in [-0.4, -0.2) is 59.2 Å². The van der Waals surface area contributed by atoms with Crippen molar-refractivity contribution in [2.75, 3.05) is 25.6 Å². The highest BCUT2D eigenvalue weighted by atomic mass is 35.5. The molecule has 3 aliphatic rings. The first-order valence-corrected chi connectivity index (χ1v) is 14.9. The Balaban J connectivity index is 1.51. The van der Waals surface area contributed by atoms with Crippen LogP contribution in [0.25, 0.3) is 0 Å². The molecule has 1 unspecified atom stereocenters. The minimum atomic E-state index is -1.46. The van der Waals surface area contributed by atoms with Gasteiger partial charge < -0.3 is 20.5 Å². The van der Waals surface area contributed by atoms with Crippen LogP contribution in [0.3, 0.4) is 0 Å². The molecule has 44 heavy (non-hydrogen) atoms. The number of nitro benzene ring substituents is 1. The molecular weight excluding hydrogens is 614 g/mol. The highest BCUT2D eigenvalue weighted by Gasteiger charge is 2.67. The monoisotopic (exact) mass is 642 g/mol. The standard InChI is InChI=1S/C31H29Cl2FN4O6/c1-44-29(40)17-7-8-18(24(11-17)38(42)43)13-35-28-25(15-39)37(14-16-5-6-16)31(26(28)20-3-2-4-22(33)27(20)34)21-10-9-19(32)12-23(21)36-30(31)41/h2-4,7-12,16,25-26,28,35,39H,5-6,13-15H2,1H3,(H,36,41)/t25-,26?,28+,31+/m1/s1. The predicted octanol–water partition coefficient (Wildman–Crippen LogP) is 5.00. The summed E-state index contributed by atoms with van der Waals surface area (Å²) in [6.45, 7) is -0.00396. The molecule has 1 saturated carbocycles. The molecule has 3 N–H and O–H groups in total. The van der Waals surface area contributed by atoms with Crippen LogP contribution in [0.2, 0.25) is 10.0 Å². The molecular formula is C31H29Cl2FN4O6. The number of nitro groups is 1. The number of esters is 1. The minimum absolute atomic E-state index is 0.0170. The van der Waals surface area contributed by atoms with Gasteiger partial charge in [0.25, 0.3) is 5.69 Å². The Labute approximate surface area is 262 Å². The second-order valence-electron chi connectivity index (χ2n) is 11.4. The van der Waals surface area contributed by atoms with Crippen LogP contribution in [0.5, 0.6) is 0 Å². The SMILES string of the molecule is COC(=O)c1ccc(CN[C@@H]2C(c3cccc(Cl)c3F)[C@@]3(C(=O)Nc4cc(Cl)ccc43)N(CC3CC3)[C@@H]2CO)c([N+](=O)[O-])c1. The zero-order chi connectivity index (χ0) is 31.3. The van der Waals surface area contributed by atoms with Gasteiger partial charge in [0.05, 0.1) is 35.3 Å². The summed E-state index contributed by atoms with van der Waals surface area (Å²) in [5.41, 5.74) is -0.256. The summed E-state index contributed by atoms with van der Waals surface area (Å²) in [5.74, 6) is -2.45. The first-order chi connectivity index (χ1) is 21.1. The Hall–Kier alpha value is -3.61. The number of nitrogens with zero attached hydrogens (tertiary/aromatic N) is 2. The largest absolute Gasteiger partial charge is 0.465 e. The van der Waals surface area contributed by atoms with Gasteiger partial charge in [-0.2, -0.15) is 0 Å². The summed E-state index contributed by atoms with van der Waals surface area (Å²) in [6, 6.07) is 12.2. The second kappa shape index (κ2) is 11.7. The molecule has 4 atom stereocenters. The van der Waals surface area contributed by atoms with Crippen LogP contribution in [0.1, 0.15) is 45.8 Å². The lowest BCUT2D eigenvalue weighted by atomic mass is 9.73. The molecule has 0 bridgehead atoms. The van der Waals surface area contributed by atoms with Crippen LogP contribution in [0.4, 0.5) is 15.8 Å². The maximum Gasteiger partial charge on any atom is 0.338 e. The smallest absolute Gasteiger partial charge is 0.338 e. The molecule has 13 heteroatoms. The molecule has 1 aliphatic carbocycles. The lowest BCUT2D eigenvalue weighted by Gasteiger charge is -2.39. The van der Waals surface area contributed by atoms with E-state index >= 15 is 4.39 Å². The van der Waals surface area contributed by atoms with Crippen molar-refractivity contribution in [2.24, 2.45) is 5.92 Å². The maximum absolute atomic E-state index is 16.0. The van der Waals surface area contributed by atoms with Crippen molar-refractivity contribution in [1.82, 2.24) is 10.2 Å². The van der Waals surface area contributed by atoms with Crippen LogP contribution >= 0.6 is 23.2 Å². The Bertz CT molecular complexity index is 1670. The average Bonchev–Trinajstić information content (AvgIpc) is 3.73. The van der Waals surface area contributed by atoms with Crippen LogP contribution in [0, 0.1) is 21.8 Å². The normalized spacial score (nSPS) is 24.4. The molecule has 1 amide bonds. The summed E-state index contributed by atoms with van der Waals surface area (Å²) < 4.78 is 20.7. The van der Waals surface area contributed by atoms with Gasteiger partial charge in [0.2, 0.25) is 5.91 Å². The van der Waals surface area contributed by atoms with E-state index in [-0.39, 0.29) is 46.5 Å². The minimum Gasteiger partial charge on any atom is -0.465 e. The zero-order valence-corrected chi connectivity index (χ0v) is 25.1. The Morgan fingerprint density at radius 3 is 2.68 bits per heavy atom. The third-order valence-corrected chi connectivity index (χ3v) is 9.48. The highest BCUT2D eigenvalue weighted by molar-refractivity contribution is 6.31. The van der Waals surface area contributed by atoms with E-state index in [4.69, 9.17) is 27.9 Å². The molecule has 2 aliphatic heterocycles. The average molecular weight is 643 g/mol. The number of aliphatic hydroxyl groups excluding tert-OH is 1. The summed E-state index contributed by atoms with van der Waals surface area (Å²) >= 11 is 12.6. The number of hydrogen-bond donors (Lipinski definition) is 3. The van der Waals surface area contributed by atoms with Crippen molar-refractivity contribution in [3.8, 4) is 0 Å². The number of carbonyl (C=O) groups is 2. The fraction of sp³-hybridized carbons (Fsp3) is 0.355. The molecule has 2 fully saturated rings. The van der Waals surface area contributed by atoms with Crippen molar-refractivity contribution in [1.29, 1.82) is 0 Å². The fourth-order valence-corrected chi connectivity index (χ4v) is 7.22. The third-order valence-electron chi connectivity index (χ3n) is 8.95. The predicted molar refractivity (Wildman–Crippen MR) is 161 cm³/mol. The second-order valence-corrected chi connectivity index (χ2v) is 12.2. The van der Waals surface area contributed by atoms with Crippen molar-refractivity contribution in [2.45, 2.75) is 42.9 Å². The molecule has 0 aromatic heterocycles. The van der Waals surface area contributed by atoms with Crippen molar-refractivity contribution >= 4 is 46.5 Å². The molecule has 3 aromatic carbocycles. The zero-order valence-electron chi connectivity index (χ0n) is 23.6. The number of anilines is 1. The number of halogens is 3. The van der Waals surface area contributed by atoms with E-state index in [1.165, 1.54) is 25.3 Å². The summed E-state index contributed by atoms with van der Waals surface area (Å²) in [4.78, 5) is 39.7. The van der Waals surface area contributed by atoms with Gasteiger partial charge in [0.15, 0.2) is 0 Å².